The van der Waals surface area contributed by atoms with Crippen LogP contribution in [0.1, 0.15) is 112 Å². The number of fused-ring (bicyclic) bond motifs is 3. The van der Waals surface area contributed by atoms with Crippen LogP contribution in [0, 0.1) is 0 Å². The number of thiophene rings is 3. The molecule has 9 heterocycles. The maximum atomic E-state index is 12.6. The standard InChI is InChI=1S/C31H37N5O3S.C27H29BrN4O2S.C26H29N5OS.C4H9NO.ClH/c1-21(33-29-27-17-25(36-12-14-38-15-13-36)11-10-22(27)18-32-34-29)28-16-24(20-40-28)26-9-7-6-8-23(26)19-35(5)30(37)39-31(2,3)4;1-17(30-25-23-13-21(28)11-10-18(23)14-29-31-25)24-12-20(16-35-24)22-9-7-6-8-19(22)15-32(5)26(33)34-27(2,3)4;1-18(25-13-21(17-33-25)23-6-4-3-5-19(23)15-27-2)29-26-24-14-22(31-9-11-32-12-10-31)8-7-20(24)16-28-30-26;1-3-6-4-2-5-1;/h6-11,16-18,20-21H,12-15,19H2,1-5H3,(H,33,34);6-14,16-17H,15H2,1-5H3,(H,30,31);3-8,13-14,16-18,27H,9-12,15H2,1-2H3,(H,29,30);5H,1-4H2;1H/t21-;17-;18-;;/m111../s1. The summed E-state index contributed by atoms with van der Waals surface area (Å²) in [5.41, 5.74) is 11.7. The molecule has 606 valence electrons. The van der Waals surface area contributed by atoms with E-state index < -0.39 is 11.2 Å². The number of hydrogen-bond acceptors (Lipinski definition) is 23. The van der Waals surface area contributed by atoms with E-state index in [1.54, 1.807) is 64.1 Å². The summed E-state index contributed by atoms with van der Waals surface area (Å²) in [6.45, 7) is 29.9. The van der Waals surface area contributed by atoms with Gasteiger partial charge in [0.05, 0.1) is 76.4 Å². The van der Waals surface area contributed by atoms with Crippen molar-refractivity contribution in [1.82, 2.24) is 51.0 Å². The highest BCUT2D eigenvalue weighted by Crippen LogP contribution is 2.39. The fourth-order valence-corrected chi connectivity index (χ4v) is 16.5. The molecule has 0 bridgehead atoms. The Morgan fingerprint density at radius 3 is 1.20 bits per heavy atom. The van der Waals surface area contributed by atoms with Crippen molar-refractivity contribution in [3.8, 4) is 33.4 Å². The number of carbonyl (C=O) groups excluding carboxylic acids is 2. The predicted octanol–water partition coefficient (Wildman–Crippen LogP) is 19.5. The molecule has 5 N–H and O–H groups in total. The Hall–Kier alpha value is -9.45. The molecule has 115 heavy (non-hydrogen) atoms. The van der Waals surface area contributed by atoms with E-state index in [4.69, 9.17) is 23.7 Å². The molecule has 0 saturated carbocycles. The highest BCUT2D eigenvalue weighted by molar-refractivity contribution is 9.10. The fraction of sp³-hybridized carbons (Fsp3) is 0.364. The summed E-state index contributed by atoms with van der Waals surface area (Å²) < 4.78 is 28.1. The van der Waals surface area contributed by atoms with Gasteiger partial charge < -0.3 is 69.9 Å². The lowest BCUT2D eigenvalue weighted by molar-refractivity contribution is 0.0275. The molecule has 0 aliphatic carbocycles. The minimum absolute atomic E-state index is 0. The van der Waals surface area contributed by atoms with Crippen LogP contribution in [0.2, 0.25) is 0 Å². The second kappa shape index (κ2) is 40.9. The van der Waals surface area contributed by atoms with E-state index >= 15 is 0 Å². The van der Waals surface area contributed by atoms with E-state index in [1.807, 2.05) is 97.4 Å². The zero-order valence-corrected chi connectivity index (χ0v) is 72.4. The van der Waals surface area contributed by atoms with Gasteiger partial charge in [-0.15, -0.1) is 61.7 Å². The summed E-state index contributed by atoms with van der Waals surface area (Å²) in [5.74, 6) is 2.35. The number of carbonyl (C=O) groups is 2. The number of benzene rings is 6. The van der Waals surface area contributed by atoms with Crippen molar-refractivity contribution in [2.24, 2.45) is 0 Å². The van der Waals surface area contributed by atoms with Gasteiger partial charge in [0.1, 0.15) is 11.2 Å². The molecule has 3 saturated heterocycles. The normalized spacial score (nSPS) is 14.4. The smallest absolute Gasteiger partial charge is 0.410 e. The highest BCUT2D eigenvalue weighted by atomic mass is 79.9. The van der Waals surface area contributed by atoms with E-state index in [-0.39, 0.29) is 42.7 Å². The van der Waals surface area contributed by atoms with E-state index in [2.05, 4.69) is 229 Å². The van der Waals surface area contributed by atoms with Crippen molar-refractivity contribution in [3.05, 3.63) is 216 Å². The first-order chi connectivity index (χ1) is 55.0. The Balaban J connectivity index is 0.000000163. The molecular weight excluding hydrogens is 1590 g/mol. The quantitative estimate of drug-likeness (QED) is 0.0477. The first-order valence-electron chi connectivity index (χ1n) is 38.7. The fourth-order valence-electron chi connectivity index (χ4n) is 13.4. The molecule has 3 fully saturated rings. The third-order valence-corrected chi connectivity index (χ3v) is 23.1. The number of ether oxygens (including phenoxy) is 5. The average molecular weight is 1700 g/mol. The molecule has 3 aliphatic rings. The van der Waals surface area contributed by atoms with Crippen molar-refractivity contribution in [2.45, 2.75) is 111 Å². The highest BCUT2D eigenvalue weighted by Gasteiger charge is 2.25. The molecular formula is C88H105BrClN15O7S3. The summed E-state index contributed by atoms with van der Waals surface area (Å²) in [6.07, 6.45) is 4.74. The molecule has 3 aliphatic heterocycles. The molecule has 3 atom stereocenters. The first kappa shape index (κ1) is 86.4. The van der Waals surface area contributed by atoms with Gasteiger partial charge in [0.25, 0.3) is 0 Å². The zero-order valence-electron chi connectivity index (χ0n) is 67.5. The van der Waals surface area contributed by atoms with Crippen molar-refractivity contribution >= 4 is 136 Å². The molecule has 22 nitrogen and oxygen atoms in total. The monoisotopic (exact) mass is 1690 g/mol. The van der Waals surface area contributed by atoms with E-state index in [1.165, 1.54) is 42.7 Å². The lowest BCUT2D eigenvalue weighted by Gasteiger charge is -2.29. The van der Waals surface area contributed by atoms with Crippen LogP contribution in [0.25, 0.3) is 65.7 Å². The van der Waals surface area contributed by atoms with E-state index in [0.717, 1.165) is 173 Å². The predicted molar refractivity (Wildman–Crippen MR) is 477 cm³/mol. The topological polar surface area (TPSA) is 231 Å². The number of amides is 2. The van der Waals surface area contributed by atoms with Crippen LogP contribution in [0.4, 0.5) is 38.4 Å². The van der Waals surface area contributed by atoms with E-state index in [0.29, 0.717) is 13.1 Å². The van der Waals surface area contributed by atoms with Crippen LogP contribution in [0.5, 0.6) is 0 Å². The number of morpholine rings is 3. The van der Waals surface area contributed by atoms with Crippen molar-refractivity contribution in [1.29, 1.82) is 0 Å². The molecule has 15 rings (SSSR count). The number of rotatable bonds is 20. The summed E-state index contributed by atoms with van der Waals surface area (Å²) in [5, 5.41) is 56.0. The van der Waals surface area contributed by atoms with Gasteiger partial charge in [0.2, 0.25) is 0 Å². The van der Waals surface area contributed by atoms with Gasteiger partial charge in [-0.3, -0.25) is 0 Å². The van der Waals surface area contributed by atoms with Gasteiger partial charge in [0.15, 0.2) is 17.5 Å². The lowest BCUT2D eigenvalue weighted by Crippen LogP contribution is -2.36. The SMILES string of the molecule is C1COCCN1.CNCc1ccccc1-c1csc([C@@H](C)Nc2nncc3ccc(N4CCOCC4)cc23)c1.C[C@@H](Nc1nncc2ccc(Br)cc12)c1cc(-c2ccccc2CN(C)C(=O)OC(C)(C)C)cs1.C[C@@H](Nc1nncc2ccc(N3CCOCC3)cc12)c1cc(-c2ccccc2CN(C)C(=O)OC(C)(C)C)cs1.Cl. The summed E-state index contributed by atoms with van der Waals surface area (Å²) in [4.78, 5) is 36.6. The number of nitrogens with zero attached hydrogens (tertiary/aromatic N) is 10. The molecule has 6 aromatic carbocycles. The van der Waals surface area contributed by atoms with Gasteiger partial charge in [0, 0.05) is 136 Å². The van der Waals surface area contributed by atoms with E-state index in [9.17, 15) is 9.59 Å². The van der Waals surface area contributed by atoms with Crippen LogP contribution in [0.15, 0.2) is 185 Å². The van der Waals surface area contributed by atoms with Crippen molar-refractivity contribution < 1.29 is 33.3 Å². The van der Waals surface area contributed by atoms with Crippen molar-refractivity contribution in [3.63, 3.8) is 0 Å². The molecule has 6 aromatic heterocycles. The maximum Gasteiger partial charge on any atom is 0.410 e. The van der Waals surface area contributed by atoms with Crippen LogP contribution < -0.4 is 36.4 Å². The molecule has 0 unspecified atom stereocenters. The summed E-state index contributed by atoms with van der Waals surface area (Å²) in [6, 6.07) is 50.9. The molecule has 2 amide bonds. The largest absolute Gasteiger partial charge is 0.444 e. The first-order valence-corrected chi connectivity index (χ1v) is 42.1. The van der Waals surface area contributed by atoms with Gasteiger partial charge >= 0.3 is 12.2 Å². The molecule has 0 radical (unpaired) electrons. The van der Waals surface area contributed by atoms with Gasteiger partial charge in [-0.05, 0) is 190 Å². The average Bonchev–Trinajstić information content (AvgIpc) is 1.79. The third-order valence-electron chi connectivity index (χ3n) is 19.3. The molecule has 27 heteroatoms. The number of hydrogen-bond donors (Lipinski definition) is 5. The number of nitrogens with one attached hydrogen (secondary N) is 5. The Bertz CT molecular complexity index is 5160. The van der Waals surface area contributed by atoms with Crippen LogP contribution >= 0.6 is 62.3 Å². The van der Waals surface area contributed by atoms with Gasteiger partial charge in [-0.2, -0.15) is 15.3 Å². The minimum atomic E-state index is -0.533. The Morgan fingerprint density at radius 1 is 0.496 bits per heavy atom. The summed E-state index contributed by atoms with van der Waals surface area (Å²) >= 11 is 8.73. The maximum absolute atomic E-state index is 12.6. The van der Waals surface area contributed by atoms with Crippen molar-refractivity contribution in [2.75, 3.05) is 126 Å². The Labute approximate surface area is 701 Å². The van der Waals surface area contributed by atoms with Crippen LogP contribution in [-0.4, -0.2) is 164 Å². The van der Waals surface area contributed by atoms with Crippen LogP contribution in [-0.2, 0) is 43.3 Å². The third kappa shape index (κ3) is 23.9. The molecule has 12 aromatic rings. The number of anilines is 5. The summed E-state index contributed by atoms with van der Waals surface area (Å²) in [7, 11) is 5.52. The zero-order chi connectivity index (χ0) is 80.3. The number of aromatic nitrogens is 6. The Kier molecular flexibility index (Phi) is 30.7. The van der Waals surface area contributed by atoms with Gasteiger partial charge in [-0.1, -0.05) is 107 Å². The van der Waals surface area contributed by atoms with Crippen LogP contribution in [0.3, 0.4) is 0 Å². The Morgan fingerprint density at radius 2 is 0.843 bits per heavy atom. The lowest BCUT2D eigenvalue weighted by atomic mass is 10.0. The second-order valence-electron chi connectivity index (χ2n) is 30.4. The second-order valence-corrected chi connectivity index (χ2v) is 34.1. The minimum Gasteiger partial charge on any atom is -0.444 e. The number of halogens is 2. The molecule has 0 spiro atoms. The van der Waals surface area contributed by atoms with Gasteiger partial charge in [-0.25, -0.2) is 9.59 Å².